The van der Waals surface area contributed by atoms with E-state index in [-0.39, 0.29) is 11.7 Å². The maximum absolute atomic E-state index is 14.4. The highest BCUT2D eigenvalue weighted by Crippen LogP contribution is 2.30. The number of anilines is 1. The van der Waals surface area contributed by atoms with Crippen LogP contribution in [-0.2, 0) is 0 Å². The van der Waals surface area contributed by atoms with E-state index in [1.807, 2.05) is 4.90 Å². The Balaban J connectivity index is 1.28. The van der Waals surface area contributed by atoms with E-state index in [2.05, 4.69) is 25.3 Å². The number of carbonyl (C=O) groups is 1. The SMILES string of the molecule is [B]c1cc(F)cc(C2CC=NN2C(=O)N2CCN(c3ncc(F)c(-c4cn[nH]c4C)n3)CC2)c1. The summed E-state index contributed by atoms with van der Waals surface area (Å²) in [5, 5.41) is 12.3. The van der Waals surface area contributed by atoms with Gasteiger partial charge < -0.3 is 9.80 Å². The molecule has 1 saturated heterocycles. The fourth-order valence-electron chi connectivity index (χ4n) is 4.23. The summed E-state index contributed by atoms with van der Waals surface area (Å²) >= 11 is 0. The molecule has 1 atom stereocenters. The summed E-state index contributed by atoms with van der Waals surface area (Å²) in [4.78, 5) is 25.3. The number of H-pyrrole nitrogens is 1. The lowest BCUT2D eigenvalue weighted by Crippen LogP contribution is -2.52. The third-order valence-electron chi connectivity index (χ3n) is 6.00. The van der Waals surface area contributed by atoms with Gasteiger partial charge in [-0.3, -0.25) is 5.10 Å². The van der Waals surface area contributed by atoms with Gasteiger partial charge in [0.25, 0.3) is 0 Å². The second-order valence-corrected chi connectivity index (χ2v) is 8.24. The lowest BCUT2D eigenvalue weighted by Gasteiger charge is -2.37. The number of benzene rings is 1. The molecule has 3 aromatic rings. The zero-order valence-corrected chi connectivity index (χ0v) is 18.4. The molecule has 9 nitrogen and oxygen atoms in total. The Hall–Kier alpha value is -3.83. The van der Waals surface area contributed by atoms with Crippen LogP contribution in [0.3, 0.4) is 0 Å². The summed E-state index contributed by atoms with van der Waals surface area (Å²) in [7, 11) is 5.78. The second-order valence-electron chi connectivity index (χ2n) is 8.24. The Labute approximate surface area is 195 Å². The molecule has 2 amide bonds. The van der Waals surface area contributed by atoms with E-state index < -0.39 is 17.7 Å². The summed E-state index contributed by atoms with van der Waals surface area (Å²) in [5.74, 6) is -0.596. The van der Waals surface area contributed by atoms with Gasteiger partial charge in [0.1, 0.15) is 19.4 Å². The third-order valence-corrected chi connectivity index (χ3v) is 6.00. The quantitative estimate of drug-likeness (QED) is 0.601. The average Bonchev–Trinajstić information content (AvgIpc) is 3.48. The molecule has 34 heavy (non-hydrogen) atoms. The summed E-state index contributed by atoms with van der Waals surface area (Å²) in [6.45, 7) is 3.54. The summed E-state index contributed by atoms with van der Waals surface area (Å²) in [6.07, 6.45) is 4.80. The minimum atomic E-state index is -0.530. The Morgan fingerprint density at radius 2 is 1.94 bits per heavy atom. The number of nitrogens with zero attached hydrogens (tertiary/aromatic N) is 7. The van der Waals surface area contributed by atoms with Crippen LogP contribution >= 0.6 is 0 Å². The zero-order valence-electron chi connectivity index (χ0n) is 18.4. The molecule has 0 saturated carbocycles. The van der Waals surface area contributed by atoms with Gasteiger partial charge in [0, 0.05) is 50.1 Å². The number of piperazine rings is 1. The van der Waals surface area contributed by atoms with Crippen LogP contribution in [0.5, 0.6) is 0 Å². The van der Waals surface area contributed by atoms with Crippen molar-refractivity contribution >= 4 is 31.5 Å². The number of aromatic amines is 1. The minimum Gasteiger partial charge on any atom is -0.337 e. The molecule has 1 fully saturated rings. The third kappa shape index (κ3) is 4.11. The summed E-state index contributed by atoms with van der Waals surface area (Å²) in [5.41, 5.74) is 2.36. The lowest BCUT2D eigenvalue weighted by atomic mass is 9.91. The number of aromatic nitrogens is 4. The lowest BCUT2D eigenvalue weighted by molar-refractivity contribution is 0.139. The first-order valence-corrected chi connectivity index (χ1v) is 10.8. The van der Waals surface area contributed by atoms with Gasteiger partial charge in [-0.15, -0.1) is 0 Å². The molecule has 0 spiro atoms. The van der Waals surface area contributed by atoms with Gasteiger partial charge in [0.15, 0.2) is 5.82 Å². The van der Waals surface area contributed by atoms with Crippen LogP contribution in [0, 0.1) is 18.6 Å². The molecule has 4 heterocycles. The molecule has 12 heteroatoms. The monoisotopic (exact) mass is 462 g/mol. The normalized spacial score (nSPS) is 18.1. The van der Waals surface area contributed by atoms with Crippen LogP contribution in [0.2, 0.25) is 0 Å². The highest BCUT2D eigenvalue weighted by Gasteiger charge is 2.33. The molecule has 1 aromatic carbocycles. The van der Waals surface area contributed by atoms with Crippen molar-refractivity contribution in [1.29, 1.82) is 0 Å². The minimum absolute atomic E-state index is 0.179. The highest BCUT2D eigenvalue weighted by molar-refractivity contribution is 6.32. The van der Waals surface area contributed by atoms with E-state index in [0.29, 0.717) is 60.8 Å². The van der Waals surface area contributed by atoms with Crippen LogP contribution < -0.4 is 10.4 Å². The Morgan fingerprint density at radius 1 is 1.15 bits per heavy atom. The Kier molecular flexibility index (Phi) is 5.72. The van der Waals surface area contributed by atoms with Crippen molar-refractivity contribution in [3.63, 3.8) is 0 Å². The number of hydrogen-bond acceptors (Lipinski definition) is 6. The van der Waals surface area contributed by atoms with Crippen molar-refractivity contribution in [3.05, 3.63) is 53.5 Å². The number of rotatable bonds is 3. The number of amides is 2. The van der Waals surface area contributed by atoms with E-state index in [1.165, 1.54) is 23.3 Å². The fourth-order valence-corrected chi connectivity index (χ4v) is 4.23. The molecular weight excluding hydrogens is 441 g/mol. The fraction of sp³-hybridized carbons (Fsp3) is 0.318. The maximum Gasteiger partial charge on any atom is 0.341 e. The topological polar surface area (TPSA) is 93.6 Å². The van der Waals surface area contributed by atoms with Crippen LogP contribution in [0.15, 0.2) is 35.7 Å². The molecule has 172 valence electrons. The number of aryl methyl sites for hydroxylation is 1. The van der Waals surface area contributed by atoms with E-state index >= 15 is 0 Å². The largest absolute Gasteiger partial charge is 0.341 e. The van der Waals surface area contributed by atoms with Crippen molar-refractivity contribution in [3.8, 4) is 11.3 Å². The second kappa shape index (κ2) is 8.84. The molecule has 1 N–H and O–H groups in total. The standard InChI is InChI=1S/C22H21BF2N8O/c1-13-17(11-27-30-13)20-18(25)12-26-21(29-20)31-4-6-32(7-5-31)22(34)33-19(2-3-28-33)14-8-15(23)10-16(24)9-14/h3,8-12,19H,2,4-7H2,1H3,(H,27,30). The molecule has 2 aromatic heterocycles. The van der Waals surface area contributed by atoms with Gasteiger partial charge in [-0.2, -0.15) is 10.2 Å². The van der Waals surface area contributed by atoms with Crippen molar-refractivity contribution in [1.82, 2.24) is 30.1 Å². The molecule has 1 unspecified atom stereocenters. The van der Waals surface area contributed by atoms with E-state index in [0.717, 1.165) is 6.20 Å². The highest BCUT2D eigenvalue weighted by atomic mass is 19.1. The van der Waals surface area contributed by atoms with Crippen LogP contribution in [0.25, 0.3) is 11.3 Å². The number of carbonyl (C=O) groups excluding carboxylic acids is 1. The number of hydrogen-bond donors (Lipinski definition) is 1. The molecular formula is C22H21BF2N8O. The van der Waals surface area contributed by atoms with Crippen LogP contribution in [0.4, 0.5) is 19.5 Å². The van der Waals surface area contributed by atoms with Gasteiger partial charge in [-0.25, -0.2) is 28.6 Å². The van der Waals surface area contributed by atoms with E-state index in [4.69, 9.17) is 7.85 Å². The number of urea groups is 1. The van der Waals surface area contributed by atoms with E-state index in [1.54, 1.807) is 24.1 Å². The van der Waals surface area contributed by atoms with Crippen molar-refractivity contribution < 1.29 is 13.6 Å². The van der Waals surface area contributed by atoms with Crippen molar-refractivity contribution in [2.45, 2.75) is 19.4 Å². The first-order chi connectivity index (χ1) is 16.4. The van der Waals surface area contributed by atoms with Gasteiger partial charge >= 0.3 is 6.03 Å². The van der Waals surface area contributed by atoms with Crippen molar-refractivity contribution in [2.75, 3.05) is 31.1 Å². The first kappa shape index (κ1) is 22.0. The Morgan fingerprint density at radius 3 is 2.65 bits per heavy atom. The average molecular weight is 462 g/mol. The smallest absolute Gasteiger partial charge is 0.337 e. The Bertz CT molecular complexity index is 1240. The molecule has 2 aliphatic rings. The number of halogens is 2. The summed E-state index contributed by atoms with van der Waals surface area (Å²) in [6, 6.07) is 3.59. The summed E-state index contributed by atoms with van der Waals surface area (Å²) < 4.78 is 28.2. The first-order valence-electron chi connectivity index (χ1n) is 10.8. The molecule has 0 bridgehead atoms. The van der Waals surface area contributed by atoms with Crippen molar-refractivity contribution in [2.24, 2.45) is 5.10 Å². The predicted octanol–water partition coefficient (Wildman–Crippen LogP) is 1.92. The molecule has 0 aliphatic carbocycles. The van der Waals surface area contributed by atoms with Gasteiger partial charge in [0.2, 0.25) is 5.95 Å². The van der Waals surface area contributed by atoms with Crippen LogP contribution in [-0.4, -0.2) is 76.3 Å². The van der Waals surface area contributed by atoms with Crippen LogP contribution in [0.1, 0.15) is 23.7 Å². The van der Waals surface area contributed by atoms with E-state index in [9.17, 15) is 13.6 Å². The number of nitrogens with one attached hydrogen (secondary N) is 1. The van der Waals surface area contributed by atoms with Gasteiger partial charge in [-0.05, 0) is 24.6 Å². The maximum atomic E-state index is 14.4. The van der Waals surface area contributed by atoms with Gasteiger partial charge in [-0.1, -0.05) is 11.5 Å². The predicted molar refractivity (Wildman–Crippen MR) is 123 cm³/mol. The van der Waals surface area contributed by atoms with Gasteiger partial charge in [0.05, 0.1) is 18.4 Å². The number of hydrazone groups is 1. The molecule has 2 radical (unpaired) electrons. The zero-order chi connectivity index (χ0) is 23.8. The molecule has 2 aliphatic heterocycles. The molecule has 5 rings (SSSR count).